The molecule has 2 heterocycles. The van der Waals surface area contributed by atoms with Crippen LogP contribution in [0, 0.1) is 31.6 Å². The standard InChI is InChI=1S/C29H26F3N5O/c1-18(2)13-25-10-9-23(35-36-25)8-7-21-14-22(6-5-19(21)3)28(38)34-24-11-12-27(26(15-24)29(30,31)32)37-16-20(4)33-17-37/h5-6,9-12,14-18H,13H2,1-4H3,(H,34,38). The Morgan fingerprint density at radius 1 is 1.03 bits per heavy atom. The van der Waals surface area contributed by atoms with Crippen LogP contribution in [-0.4, -0.2) is 25.7 Å². The number of amides is 1. The molecule has 1 amide bonds. The molecule has 0 radical (unpaired) electrons. The van der Waals surface area contributed by atoms with Gasteiger partial charge in [-0.1, -0.05) is 25.8 Å². The largest absolute Gasteiger partial charge is 0.418 e. The van der Waals surface area contributed by atoms with E-state index in [1.807, 2.05) is 13.0 Å². The summed E-state index contributed by atoms with van der Waals surface area (Å²) in [4.78, 5) is 16.9. The molecule has 4 rings (SSSR count). The monoisotopic (exact) mass is 517 g/mol. The first kappa shape index (κ1) is 26.6. The number of aromatic nitrogens is 4. The highest BCUT2D eigenvalue weighted by molar-refractivity contribution is 6.04. The zero-order valence-corrected chi connectivity index (χ0v) is 21.4. The Balaban J connectivity index is 1.56. The number of nitrogens with zero attached hydrogens (tertiary/aromatic N) is 4. The Bertz CT molecular complexity index is 1530. The maximum absolute atomic E-state index is 13.8. The van der Waals surface area contributed by atoms with Gasteiger partial charge in [0.2, 0.25) is 0 Å². The Labute approximate surface area is 219 Å². The molecule has 0 bridgehead atoms. The van der Waals surface area contributed by atoms with Crippen LogP contribution in [0.3, 0.4) is 0 Å². The fourth-order valence-corrected chi connectivity index (χ4v) is 3.81. The number of benzene rings is 2. The number of hydrogen-bond donors (Lipinski definition) is 1. The summed E-state index contributed by atoms with van der Waals surface area (Å²) >= 11 is 0. The molecule has 0 spiro atoms. The summed E-state index contributed by atoms with van der Waals surface area (Å²) in [5, 5.41) is 10.9. The van der Waals surface area contributed by atoms with Crippen LogP contribution >= 0.6 is 0 Å². The van der Waals surface area contributed by atoms with E-state index >= 15 is 0 Å². The number of carbonyl (C=O) groups is 1. The Morgan fingerprint density at radius 2 is 1.82 bits per heavy atom. The smallest absolute Gasteiger partial charge is 0.322 e. The molecule has 0 unspecified atom stereocenters. The molecule has 0 saturated heterocycles. The van der Waals surface area contributed by atoms with Crippen molar-refractivity contribution in [2.24, 2.45) is 5.92 Å². The molecule has 4 aromatic rings. The van der Waals surface area contributed by atoms with Gasteiger partial charge in [0, 0.05) is 23.0 Å². The first-order valence-corrected chi connectivity index (χ1v) is 12.0. The first-order chi connectivity index (χ1) is 18.0. The van der Waals surface area contributed by atoms with Crippen molar-refractivity contribution in [3.63, 3.8) is 0 Å². The van der Waals surface area contributed by atoms with Crippen molar-refractivity contribution < 1.29 is 18.0 Å². The fourth-order valence-electron chi connectivity index (χ4n) is 3.81. The second kappa shape index (κ2) is 10.9. The highest BCUT2D eigenvalue weighted by Gasteiger charge is 2.34. The van der Waals surface area contributed by atoms with E-state index in [2.05, 4.69) is 46.2 Å². The van der Waals surface area contributed by atoms with E-state index in [-0.39, 0.29) is 16.9 Å². The quantitative estimate of drug-likeness (QED) is 0.323. The van der Waals surface area contributed by atoms with Gasteiger partial charge in [-0.15, -0.1) is 5.10 Å². The maximum atomic E-state index is 13.8. The van der Waals surface area contributed by atoms with Gasteiger partial charge in [-0.25, -0.2) is 4.98 Å². The topological polar surface area (TPSA) is 72.7 Å². The summed E-state index contributed by atoms with van der Waals surface area (Å²) < 4.78 is 42.7. The number of imidazole rings is 1. The van der Waals surface area contributed by atoms with Crippen molar-refractivity contribution in [1.29, 1.82) is 0 Å². The molecule has 194 valence electrons. The van der Waals surface area contributed by atoms with Crippen molar-refractivity contribution in [3.05, 3.63) is 100 Å². The van der Waals surface area contributed by atoms with Gasteiger partial charge < -0.3 is 9.88 Å². The van der Waals surface area contributed by atoms with Gasteiger partial charge in [0.1, 0.15) is 5.69 Å². The molecule has 0 atom stereocenters. The second-order valence-electron chi connectivity index (χ2n) is 9.39. The van der Waals surface area contributed by atoms with E-state index in [1.165, 1.54) is 29.2 Å². The van der Waals surface area contributed by atoms with Crippen LogP contribution in [-0.2, 0) is 12.6 Å². The average molecular weight is 518 g/mol. The highest BCUT2D eigenvalue weighted by Crippen LogP contribution is 2.36. The van der Waals surface area contributed by atoms with Crippen molar-refractivity contribution >= 4 is 11.6 Å². The molecule has 9 heteroatoms. The second-order valence-corrected chi connectivity index (χ2v) is 9.39. The molecule has 0 saturated carbocycles. The van der Waals surface area contributed by atoms with Crippen LogP contribution in [0.2, 0.25) is 0 Å². The lowest BCUT2D eigenvalue weighted by atomic mass is 10.0. The molecular formula is C29H26F3N5O. The first-order valence-electron chi connectivity index (χ1n) is 12.0. The van der Waals surface area contributed by atoms with E-state index < -0.39 is 17.6 Å². The minimum atomic E-state index is -4.63. The lowest BCUT2D eigenvalue weighted by Gasteiger charge is -2.15. The van der Waals surface area contributed by atoms with Crippen LogP contribution < -0.4 is 5.32 Å². The van der Waals surface area contributed by atoms with E-state index in [4.69, 9.17) is 0 Å². The fraction of sp³-hybridized carbons (Fsp3) is 0.241. The number of anilines is 1. The van der Waals surface area contributed by atoms with Crippen molar-refractivity contribution in [3.8, 4) is 17.5 Å². The molecule has 0 aliphatic rings. The van der Waals surface area contributed by atoms with Gasteiger partial charge in [0.25, 0.3) is 5.91 Å². The summed E-state index contributed by atoms with van der Waals surface area (Å²) in [7, 11) is 0. The van der Waals surface area contributed by atoms with Crippen LogP contribution in [0.1, 0.15) is 58.0 Å². The lowest BCUT2D eigenvalue weighted by molar-refractivity contribution is -0.137. The Morgan fingerprint density at radius 3 is 2.45 bits per heavy atom. The summed E-state index contributed by atoms with van der Waals surface area (Å²) in [6, 6.07) is 12.3. The summed E-state index contributed by atoms with van der Waals surface area (Å²) in [5.74, 6) is 5.89. The van der Waals surface area contributed by atoms with E-state index in [9.17, 15) is 18.0 Å². The lowest BCUT2D eigenvalue weighted by Crippen LogP contribution is -2.15. The van der Waals surface area contributed by atoms with Crippen molar-refractivity contribution in [2.75, 3.05) is 5.32 Å². The number of carbonyl (C=O) groups excluding carboxylic acids is 1. The SMILES string of the molecule is Cc1cn(-c2ccc(NC(=O)c3ccc(C)c(C#Cc4ccc(CC(C)C)nn4)c3)cc2C(F)(F)F)cn1. The van der Waals surface area contributed by atoms with Crippen LogP contribution in [0.4, 0.5) is 18.9 Å². The predicted molar refractivity (Wildman–Crippen MR) is 139 cm³/mol. The molecule has 38 heavy (non-hydrogen) atoms. The third-order valence-electron chi connectivity index (χ3n) is 5.71. The molecule has 1 N–H and O–H groups in total. The molecule has 2 aromatic heterocycles. The number of halogens is 3. The van der Waals surface area contributed by atoms with Crippen LogP contribution in [0.15, 0.2) is 61.1 Å². The molecular weight excluding hydrogens is 491 g/mol. The average Bonchev–Trinajstić information content (AvgIpc) is 3.29. The minimum Gasteiger partial charge on any atom is -0.322 e. The number of hydrogen-bond acceptors (Lipinski definition) is 4. The van der Waals surface area contributed by atoms with E-state index in [0.29, 0.717) is 22.9 Å². The number of nitrogens with one attached hydrogen (secondary N) is 1. The molecule has 2 aromatic carbocycles. The predicted octanol–water partition coefficient (Wildman–Crippen LogP) is 6.15. The van der Waals surface area contributed by atoms with Crippen LogP contribution in [0.5, 0.6) is 0 Å². The van der Waals surface area contributed by atoms with E-state index in [1.54, 1.807) is 31.2 Å². The Kier molecular flexibility index (Phi) is 7.62. The van der Waals surface area contributed by atoms with Crippen molar-refractivity contribution in [1.82, 2.24) is 19.7 Å². The third kappa shape index (κ3) is 6.45. The third-order valence-corrected chi connectivity index (χ3v) is 5.71. The zero-order valence-electron chi connectivity index (χ0n) is 21.4. The number of alkyl halides is 3. The van der Waals surface area contributed by atoms with Gasteiger partial charge in [-0.05, 0) is 80.1 Å². The maximum Gasteiger partial charge on any atom is 0.418 e. The van der Waals surface area contributed by atoms with Gasteiger partial charge in [-0.2, -0.15) is 18.3 Å². The molecule has 6 nitrogen and oxygen atoms in total. The highest BCUT2D eigenvalue weighted by atomic mass is 19.4. The normalized spacial score (nSPS) is 11.3. The minimum absolute atomic E-state index is 0.0212. The summed E-state index contributed by atoms with van der Waals surface area (Å²) in [6.07, 6.45) is -0.980. The van der Waals surface area contributed by atoms with Gasteiger partial charge in [0.15, 0.2) is 0 Å². The number of rotatable bonds is 5. The van der Waals surface area contributed by atoms with Gasteiger partial charge in [0.05, 0.1) is 29.0 Å². The summed E-state index contributed by atoms with van der Waals surface area (Å²) in [6.45, 7) is 7.76. The Hall–Kier alpha value is -4.45. The molecule has 0 aliphatic heterocycles. The van der Waals surface area contributed by atoms with Gasteiger partial charge >= 0.3 is 6.18 Å². The van der Waals surface area contributed by atoms with E-state index in [0.717, 1.165) is 23.7 Å². The van der Waals surface area contributed by atoms with Crippen LogP contribution in [0.25, 0.3) is 5.69 Å². The summed E-state index contributed by atoms with van der Waals surface area (Å²) in [5.41, 5.74) is 2.75. The molecule has 0 fully saturated rings. The zero-order chi connectivity index (χ0) is 27.4. The van der Waals surface area contributed by atoms with Crippen molar-refractivity contribution in [2.45, 2.75) is 40.3 Å². The number of aryl methyl sites for hydroxylation is 2. The molecule has 0 aliphatic carbocycles. The van der Waals surface area contributed by atoms with Gasteiger partial charge in [-0.3, -0.25) is 4.79 Å².